The molecule has 0 amide bonds. The summed E-state index contributed by atoms with van der Waals surface area (Å²) < 4.78 is 11.2. The molecule has 0 aliphatic carbocycles. The quantitative estimate of drug-likeness (QED) is 0.236. The van der Waals surface area contributed by atoms with Crippen molar-refractivity contribution in [2.45, 2.75) is 45.6 Å². The van der Waals surface area contributed by atoms with Crippen LogP contribution in [0, 0.1) is 6.92 Å². The molecule has 1 fully saturated rings. The van der Waals surface area contributed by atoms with Crippen LogP contribution in [0.2, 0.25) is 0 Å². The monoisotopic (exact) mass is 475 g/mol. The molecule has 1 unspecified atom stereocenters. The third-order valence-electron chi connectivity index (χ3n) is 4.22. The summed E-state index contributed by atoms with van der Waals surface area (Å²) in [4.78, 5) is 4.61. The molecule has 1 atom stereocenters. The zero-order valence-corrected chi connectivity index (χ0v) is 18.5. The van der Waals surface area contributed by atoms with Crippen LogP contribution in [0.25, 0.3) is 0 Å². The summed E-state index contributed by atoms with van der Waals surface area (Å²) in [6.07, 6.45) is 4.53. The van der Waals surface area contributed by atoms with E-state index >= 15 is 0 Å². The first-order valence-corrected chi connectivity index (χ1v) is 9.55. The lowest BCUT2D eigenvalue weighted by Crippen LogP contribution is -2.38. The van der Waals surface area contributed by atoms with Gasteiger partial charge in [0, 0.05) is 32.8 Å². The molecule has 1 aromatic carbocycles. The van der Waals surface area contributed by atoms with Crippen LogP contribution in [-0.4, -0.2) is 51.5 Å². The molecule has 26 heavy (non-hydrogen) atoms. The Morgan fingerprint density at radius 3 is 2.77 bits per heavy atom. The second-order valence-corrected chi connectivity index (χ2v) is 6.49. The minimum atomic E-state index is 0. The van der Waals surface area contributed by atoms with Crippen LogP contribution in [0.15, 0.2) is 29.3 Å². The maximum Gasteiger partial charge on any atom is 0.191 e. The second-order valence-electron chi connectivity index (χ2n) is 6.49. The van der Waals surface area contributed by atoms with Crippen LogP contribution in [0.4, 0.5) is 0 Å². The first-order valence-electron chi connectivity index (χ1n) is 9.55. The lowest BCUT2D eigenvalue weighted by atomic mass is 10.1. The summed E-state index contributed by atoms with van der Waals surface area (Å²) in [6, 6.07) is 8.69. The van der Waals surface area contributed by atoms with E-state index < -0.39 is 0 Å². The Bertz CT molecular complexity index is 502. The molecule has 6 heteroatoms. The first-order chi connectivity index (χ1) is 12.3. The number of ether oxygens (including phenoxy) is 2. The van der Waals surface area contributed by atoms with E-state index in [-0.39, 0.29) is 24.0 Å². The van der Waals surface area contributed by atoms with Gasteiger partial charge in [-0.15, -0.1) is 24.0 Å². The minimum Gasteiger partial charge on any atom is -0.379 e. The highest BCUT2D eigenvalue weighted by Crippen LogP contribution is 2.11. The lowest BCUT2D eigenvalue weighted by molar-refractivity contribution is 0.0171. The summed E-state index contributed by atoms with van der Waals surface area (Å²) >= 11 is 0. The predicted octanol–water partition coefficient (Wildman–Crippen LogP) is 3.30. The number of hydrogen-bond acceptors (Lipinski definition) is 3. The minimum absolute atomic E-state index is 0. The highest BCUT2D eigenvalue weighted by atomic mass is 127. The van der Waals surface area contributed by atoms with E-state index in [2.05, 4.69) is 53.7 Å². The number of rotatable bonds is 10. The Balaban J connectivity index is 0.00000338. The molecule has 0 bridgehead atoms. The number of halogens is 1. The summed E-state index contributed by atoms with van der Waals surface area (Å²) in [5.41, 5.74) is 2.64. The van der Waals surface area contributed by atoms with Gasteiger partial charge in [-0.1, -0.05) is 29.8 Å². The van der Waals surface area contributed by atoms with E-state index in [0.29, 0.717) is 6.10 Å². The highest BCUT2D eigenvalue weighted by molar-refractivity contribution is 14.0. The van der Waals surface area contributed by atoms with Gasteiger partial charge in [-0.3, -0.25) is 4.99 Å². The smallest absolute Gasteiger partial charge is 0.191 e. The van der Waals surface area contributed by atoms with Crippen LogP contribution in [-0.2, 0) is 15.9 Å². The fourth-order valence-corrected chi connectivity index (χ4v) is 2.77. The van der Waals surface area contributed by atoms with Gasteiger partial charge in [0.1, 0.15) is 0 Å². The molecule has 2 N–H and O–H groups in total. The Morgan fingerprint density at radius 2 is 2.08 bits per heavy atom. The summed E-state index contributed by atoms with van der Waals surface area (Å²) in [6.45, 7) is 9.06. The van der Waals surface area contributed by atoms with Gasteiger partial charge in [0.25, 0.3) is 0 Å². The van der Waals surface area contributed by atoms with Crippen molar-refractivity contribution in [3.8, 4) is 0 Å². The molecule has 1 saturated heterocycles. The number of nitrogens with one attached hydrogen (secondary N) is 2. The van der Waals surface area contributed by atoms with Crippen LogP contribution >= 0.6 is 24.0 Å². The van der Waals surface area contributed by atoms with Crippen molar-refractivity contribution in [2.24, 2.45) is 4.99 Å². The molecule has 0 radical (unpaired) electrons. The zero-order valence-electron chi connectivity index (χ0n) is 16.1. The SMILES string of the molecule is CCNC(=NCCCOCC1CCCO1)NCCc1ccc(C)cc1.I. The molecule has 1 aromatic rings. The standard InChI is InChI=1S/C20H33N3O2.HI/c1-3-21-20(23-13-11-18-9-7-17(2)8-10-18)22-12-5-14-24-16-19-6-4-15-25-19;/h7-10,19H,3-6,11-16H2,1-2H3,(H2,21,22,23);1H. The second kappa shape index (κ2) is 14.2. The van der Waals surface area contributed by atoms with Crippen molar-refractivity contribution in [1.29, 1.82) is 0 Å². The van der Waals surface area contributed by atoms with Crippen LogP contribution in [0.1, 0.15) is 37.3 Å². The average Bonchev–Trinajstić information content (AvgIpc) is 3.13. The fraction of sp³-hybridized carbons (Fsp3) is 0.650. The molecule has 1 aliphatic heterocycles. The number of aliphatic imine (C=N–C) groups is 1. The molecule has 0 spiro atoms. The maximum absolute atomic E-state index is 5.67. The van der Waals surface area contributed by atoms with Crippen molar-refractivity contribution in [3.05, 3.63) is 35.4 Å². The molecule has 1 heterocycles. The van der Waals surface area contributed by atoms with E-state index in [1.54, 1.807) is 0 Å². The maximum atomic E-state index is 5.67. The van der Waals surface area contributed by atoms with Crippen molar-refractivity contribution < 1.29 is 9.47 Å². The Hall–Kier alpha value is -0.860. The Kier molecular flexibility index (Phi) is 12.7. The number of aryl methyl sites for hydroxylation is 1. The number of benzene rings is 1. The highest BCUT2D eigenvalue weighted by Gasteiger charge is 2.14. The van der Waals surface area contributed by atoms with E-state index in [9.17, 15) is 0 Å². The lowest BCUT2D eigenvalue weighted by Gasteiger charge is -2.12. The molecular formula is C20H34IN3O2. The van der Waals surface area contributed by atoms with Crippen LogP contribution in [0.5, 0.6) is 0 Å². The Morgan fingerprint density at radius 1 is 1.27 bits per heavy atom. The van der Waals surface area contributed by atoms with Crippen LogP contribution in [0.3, 0.4) is 0 Å². The number of guanidine groups is 1. The van der Waals surface area contributed by atoms with Crippen molar-refractivity contribution in [1.82, 2.24) is 10.6 Å². The molecule has 1 aliphatic rings. The van der Waals surface area contributed by atoms with Gasteiger partial charge in [-0.25, -0.2) is 0 Å². The third kappa shape index (κ3) is 9.73. The van der Waals surface area contributed by atoms with Crippen molar-refractivity contribution in [2.75, 3.05) is 39.5 Å². The van der Waals surface area contributed by atoms with E-state index in [1.165, 1.54) is 17.5 Å². The predicted molar refractivity (Wildman–Crippen MR) is 119 cm³/mol. The van der Waals surface area contributed by atoms with Gasteiger partial charge in [0.2, 0.25) is 0 Å². The molecule has 5 nitrogen and oxygen atoms in total. The third-order valence-corrected chi connectivity index (χ3v) is 4.22. The van der Waals surface area contributed by atoms with E-state index in [0.717, 1.165) is 64.7 Å². The van der Waals surface area contributed by atoms with Crippen molar-refractivity contribution in [3.63, 3.8) is 0 Å². The Labute approximate surface area is 175 Å². The molecule has 0 saturated carbocycles. The molecule has 0 aromatic heterocycles. The average molecular weight is 475 g/mol. The largest absolute Gasteiger partial charge is 0.379 e. The van der Waals surface area contributed by atoms with Gasteiger partial charge in [0.05, 0.1) is 12.7 Å². The van der Waals surface area contributed by atoms with Gasteiger partial charge in [-0.05, 0) is 45.1 Å². The van der Waals surface area contributed by atoms with Gasteiger partial charge in [0.15, 0.2) is 5.96 Å². The first kappa shape index (κ1) is 23.2. The number of nitrogens with zero attached hydrogens (tertiary/aromatic N) is 1. The normalized spacial score (nSPS) is 17.0. The molecule has 148 valence electrons. The van der Waals surface area contributed by atoms with Gasteiger partial charge < -0.3 is 20.1 Å². The van der Waals surface area contributed by atoms with E-state index in [1.807, 2.05) is 0 Å². The molecular weight excluding hydrogens is 441 g/mol. The summed E-state index contributed by atoms with van der Waals surface area (Å²) in [5, 5.41) is 6.69. The van der Waals surface area contributed by atoms with E-state index in [4.69, 9.17) is 9.47 Å². The number of hydrogen-bond donors (Lipinski definition) is 2. The fourth-order valence-electron chi connectivity index (χ4n) is 2.77. The van der Waals surface area contributed by atoms with Crippen molar-refractivity contribution >= 4 is 29.9 Å². The van der Waals surface area contributed by atoms with Gasteiger partial charge in [-0.2, -0.15) is 0 Å². The summed E-state index contributed by atoms with van der Waals surface area (Å²) in [7, 11) is 0. The topological polar surface area (TPSA) is 54.9 Å². The summed E-state index contributed by atoms with van der Waals surface area (Å²) in [5.74, 6) is 0.883. The van der Waals surface area contributed by atoms with Crippen LogP contribution < -0.4 is 10.6 Å². The zero-order chi connectivity index (χ0) is 17.7. The molecule has 2 rings (SSSR count). The van der Waals surface area contributed by atoms with Gasteiger partial charge >= 0.3 is 0 Å².